The molecule has 1 aromatic rings. The summed E-state index contributed by atoms with van der Waals surface area (Å²) in [7, 11) is 0. The van der Waals surface area contributed by atoms with Gasteiger partial charge in [0.05, 0.1) is 6.10 Å². The molecule has 5 heteroatoms. The van der Waals surface area contributed by atoms with Crippen LogP contribution in [0.3, 0.4) is 0 Å². The molecular weight excluding hydrogens is 254 g/mol. The maximum atomic E-state index is 12.0. The van der Waals surface area contributed by atoms with Crippen LogP contribution in [-0.2, 0) is 4.74 Å². The number of fused-ring (bicyclic) bond motifs is 1. The molecule has 0 spiro atoms. The quantitative estimate of drug-likeness (QED) is 0.917. The highest BCUT2D eigenvalue weighted by Crippen LogP contribution is 2.45. The average Bonchev–Trinajstić information content (AvgIpc) is 2.94. The van der Waals surface area contributed by atoms with Gasteiger partial charge in [-0.15, -0.1) is 0 Å². The van der Waals surface area contributed by atoms with Gasteiger partial charge in [0.25, 0.3) is 5.91 Å². The molecule has 1 aliphatic heterocycles. The summed E-state index contributed by atoms with van der Waals surface area (Å²) in [5, 5.41) is 3.29. The fourth-order valence-corrected chi connectivity index (χ4v) is 3.33. The summed E-state index contributed by atoms with van der Waals surface area (Å²) in [6, 6.07) is 3.38. The Morgan fingerprint density at radius 1 is 1.56 bits per heavy atom. The Morgan fingerprint density at radius 2 is 2.39 bits per heavy atom. The molecule has 0 radical (unpaired) electrons. The molecule has 1 N–H and O–H groups in total. The second-order valence-corrected chi connectivity index (χ2v) is 5.34. The Labute approximate surface area is 111 Å². The van der Waals surface area contributed by atoms with E-state index in [-0.39, 0.29) is 22.9 Å². The highest BCUT2D eigenvalue weighted by Gasteiger charge is 2.53. The van der Waals surface area contributed by atoms with Crippen molar-refractivity contribution in [1.29, 1.82) is 0 Å². The summed E-state index contributed by atoms with van der Waals surface area (Å²) in [5.41, 5.74) is 0. The number of amides is 1. The Hall–Kier alpha value is -1.00. The van der Waals surface area contributed by atoms with Crippen LogP contribution in [-0.4, -0.2) is 24.7 Å². The van der Waals surface area contributed by atoms with Gasteiger partial charge < -0.3 is 14.5 Å². The highest BCUT2D eigenvalue weighted by atomic mass is 35.5. The summed E-state index contributed by atoms with van der Waals surface area (Å²) < 4.78 is 10.8. The number of nitrogens with one attached hydrogen (secondary N) is 1. The first-order valence-electron chi connectivity index (χ1n) is 6.38. The number of carbonyl (C=O) groups is 1. The number of carbonyl (C=O) groups excluding carboxylic acids is 1. The molecule has 1 aromatic heterocycles. The van der Waals surface area contributed by atoms with Crippen LogP contribution in [0.5, 0.6) is 0 Å². The molecule has 2 heterocycles. The minimum absolute atomic E-state index is 0.185. The predicted molar refractivity (Wildman–Crippen MR) is 66.6 cm³/mol. The van der Waals surface area contributed by atoms with Gasteiger partial charge in [-0.25, -0.2) is 0 Å². The third kappa shape index (κ3) is 1.84. The average molecular weight is 270 g/mol. The van der Waals surface area contributed by atoms with Gasteiger partial charge in [0, 0.05) is 24.5 Å². The van der Waals surface area contributed by atoms with E-state index in [0.717, 1.165) is 19.4 Å². The predicted octanol–water partition coefficient (Wildman–Crippen LogP) is 2.48. The Bertz CT molecular complexity index is 459. The van der Waals surface area contributed by atoms with Crippen molar-refractivity contribution in [2.24, 2.45) is 11.8 Å². The third-order valence-corrected chi connectivity index (χ3v) is 4.30. The van der Waals surface area contributed by atoms with Crippen molar-refractivity contribution < 1.29 is 13.9 Å². The molecule has 1 saturated heterocycles. The van der Waals surface area contributed by atoms with E-state index in [9.17, 15) is 4.79 Å². The summed E-state index contributed by atoms with van der Waals surface area (Å²) in [6.45, 7) is 2.94. The standard InChI is InChI=1S/C13H16ClNO3/c1-2-7-11(8-5-6-17-12(7)8)15-13(16)9-3-4-10(14)18-9/h3-4,7-8,11-12H,2,5-6H2,1H3,(H,15,16)/t7-,8+,11+,12-/m1/s1. The van der Waals surface area contributed by atoms with Crippen molar-refractivity contribution in [1.82, 2.24) is 5.32 Å². The van der Waals surface area contributed by atoms with E-state index in [1.54, 1.807) is 12.1 Å². The van der Waals surface area contributed by atoms with Crippen molar-refractivity contribution in [2.45, 2.75) is 31.9 Å². The molecule has 4 nitrogen and oxygen atoms in total. The zero-order valence-corrected chi connectivity index (χ0v) is 10.9. The first-order chi connectivity index (χ1) is 8.70. The Morgan fingerprint density at radius 3 is 3.06 bits per heavy atom. The zero-order valence-electron chi connectivity index (χ0n) is 10.2. The van der Waals surface area contributed by atoms with E-state index in [2.05, 4.69) is 12.2 Å². The fraction of sp³-hybridized carbons (Fsp3) is 0.615. The van der Waals surface area contributed by atoms with Crippen molar-refractivity contribution >= 4 is 17.5 Å². The van der Waals surface area contributed by atoms with Crippen LogP contribution in [0.4, 0.5) is 0 Å². The van der Waals surface area contributed by atoms with Crippen molar-refractivity contribution in [3.05, 3.63) is 23.1 Å². The van der Waals surface area contributed by atoms with E-state index < -0.39 is 0 Å². The van der Waals surface area contributed by atoms with Crippen molar-refractivity contribution in [3.63, 3.8) is 0 Å². The fourth-order valence-electron chi connectivity index (χ4n) is 3.19. The molecule has 2 aliphatic rings. The van der Waals surface area contributed by atoms with Crippen LogP contribution in [0.25, 0.3) is 0 Å². The largest absolute Gasteiger partial charge is 0.440 e. The first-order valence-corrected chi connectivity index (χ1v) is 6.76. The summed E-state index contributed by atoms with van der Waals surface area (Å²) in [5.74, 6) is 0.976. The molecular formula is C13H16ClNO3. The molecule has 2 fully saturated rings. The van der Waals surface area contributed by atoms with Crippen molar-refractivity contribution in [2.75, 3.05) is 6.61 Å². The van der Waals surface area contributed by atoms with Gasteiger partial charge in [-0.1, -0.05) is 6.92 Å². The minimum atomic E-state index is -0.185. The maximum Gasteiger partial charge on any atom is 0.287 e. The van der Waals surface area contributed by atoms with Gasteiger partial charge in [0.2, 0.25) is 0 Å². The highest BCUT2D eigenvalue weighted by molar-refractivity contribution is 6.29. The lowest BCUT2D eigenvalue weighted by molar-refractivity contribution is -0.0547. The van der Waals surface area contributed by atoms with Gasteiger partial charge in [-0.2, -0.15) is 0 Å². The third-order valence-electron chi connectivity index (χ3n) is 4.09. The van der Waals surface area contributed by atoms with Gasteiger partial charge in [-0.05, 0) is 36.6 Å². The number of rotatable bonds is 3. The second-order valence-electron chi connectivity index (χ2n) is 4.96. The molecule has 3 rings (SSSR count). The van der Waals surface area contributed by atoms with Crippen LogP contribution < -0.4 is 5.32 Å². The van der Waals surface area contributed by atoms with Crippen molar-refractivity contribution in [3.8, 4) is 0 Å². The molecule has 1 amide bonds. The Balaban J connectivity index is 1.67. The van der Waals surface area contributed by atoms with Crippen LogP contribution in [0.15, 0.2) is 16.5 Å². The number of furan rings is 1. The number of halogens is 1. The van der Waals surface area contributed by atoms with Gasteiger partial charge >= 0.3 is 0 Å². The lowest BCUT2D eigenvalue weighted by Crippen LogP contribution is -2.61. The molecule has 0 aromatic carbocycles. The normalized spacial score (nSPS) is 33.9. The molecule has 0 unspecified atom stereocenters. The lowest BCUT2D eigenvalue weighted by atomic mass is 9.65. The van der Waals surface area contributed by atoms with E-state index in [4.69, 9.17) is 20.8 Å². The van der Waals surface area contributed by atoms with Crippen LogP contribution in [0, 0.1) is 11.8 Å². The van der Waals surface area contributed by atoms with Crippen LogP contribution in [0.1, 0.15) is 30.3 Å². The topological polar surface area (TPSA) is 51.5 Å². The molecule has 1 saturated carbocycles. The van der Waals surface area contributed by atoms with Gasteiger partial charge in [-0.3, -0.25) is 4.79 Å². The molecule has 1 aliphatic carbocycles. The molecule has 18 heavy (non-hydrogen) atoms. The molecule has 0 bridgehead atoms. The zero-order chi connectivity index (χ0) is 12.7. The lowest BCUT2D eigenvalue weighted by Gasteiger charge is -2.47. The smallest absolute Gasteiger partial charge is 0.287 e. The van der Waals surface area contributed by atoms with Gasteiger partial charge in [0.15, 0.2) is 11.0 Å². The second kappa shape index (κ2) is 4.59. The summed E-state index contributed by atoms with van der Waals surface area (Å²) >= 11 is 5.67. The summed E-state index contributed by atoms with van der Waals surface area (Å²) in [4.78, 5) is 12.0. The molecule has 98 valence electrons. The van der Waals surface area contributed by atoms with E-state index in [1.807, 2.05) is 0 Å². The van der Waals surface area contributed by atoms with E-state index >= 15 is 0 Å². The van der Waals surface area contributed by atoms with E-state index in [0.29, 0.717) is 17.9 Å². The Kier molecular flexibility index (Phi) is 3.08. The molecule has 4 atom stereocenters. The van der Waals surface area contributed by atoms with E-state index in [1.165, 1.54) is 0 Å². The van der Waals surface area contributed by atoms with Crippen LogP contribution in [0.2, 0.25) is 5.22 Å². The summed E-state index contributed by atoms with van der Waals surface area (Å²) in [6.07, 6.45) is 2.39. The number of hydrogen-bond acceptors (Lipinski definition) is 3. The SMILES string of the molecule is CC[C@@H]1[C@H](NC(=O)c2ccc(Cl)o2)[C@@H]2CCO[C@H]12. The minimum Gasteiger partial charge on any atom is -0.440 e. The number of hydrogen-bond donors (Lipinski definition) is 1. The monoisotopic (exact) mass is 269 g/mol. The van der Waals surface area contributed by atoms with Crippen LogP contribution >= 0.6 is 11.6 Å². The number of ether oxygens (including phenoxy) is 1. The maximum absolute atomic E-state index is 12.0. The first kappa shape index (κ1) is 12.1. The van der Waals surface area contributed by atoms with Gasteiger partial charge in [0.1, 0.15) is 0 Å².